The monoisotopic (exact) mass is 554 g/mol. The van der Waals surface area contributed by atoms with E-state index in [1.54, 1.807) is 21.3 Å². The van der Waals surface area contributed by atoms with Gasteiger partial charge in [0.25, 0.3) is 0 Å². The molecule has 1 heterocycles. The lowest BCUT2D eigenvalue weighted by molar-refractivity contribution is 0.321. The summed E-state index contributed by atoms with van der Waals surface area (Å²) in [5, 5.41) is 6.97. The Morgan fingerprint density at radius 2 is 1.84 bits per heavy atom. The van der Waals surface area contributed by atoms with Crippen molar-refractivity contribution in [2.24, 2.45) is 4.99 Å². The number of benzene rings is 2. The molecule has 0 aliphatic carbocycles. The van der Waals surface area contributed by atoms with Gasteiger partial charge in [-0.25, -0.2) is 0 Å². The number of hydrogen-bond acceptors (Lipinski definition) is 5. The van der Waals surface area contributed by atoms with E-state index in [1.165, 1.54) is 5.56 Å². The Labute approximate surface area is 208 Å². The minimum atomic E-state index is 0. The lowest BCUT2D eigenvalue weighted by Crippen LogP contribution is -2.44. The first kappa shape index (κ1) is 26.1. The lowest BCUT2D eigenvalue weighted by atomic mass is 10.2. The average Bonchev–Trinajstić information content (AvgIpc) is 3.23. The molecule has 2 N–H and O–H groups in total. The highest BCUT2D eigenvalue weighted by Gasteiger charge is 2.23. The van der Waals surface area contributed by atoms with E-state index in [4.69, 9.17) is 14.2 Å². The van der Waals surface area contributed by atoms with Crippen molar-refractivity contribution in [2.45, 2.75) is 32.5 Å². The maximum Gasteiger partial charge on any atom is 0.191 e. The van der Waals surface area contributed by atoms with Gasteiger partial charge in [0.2, 0.25) is 0 Å². The van der Waals surface area contributed by atoms with Crippen molar-refractivity contribution < 1.29 is 14.2 Å². The fraction of sp³-hybridized carbons (Fsp3) is 0.458. The van der Waals surface area contributed by atoms with Crippen LogP contribution in [-0.2, 0) is 13.1 Å². The van der Waals surface area contributed by atoms with E-state index in [2.05, 4.69) is 38.7 Å². The number of para-hydroxylation sites is 1. The third-order valence-corrected chi connectivity index (χ3v) is 5.37. The zero-order chi connectivity index (χ0) is 22.1. The summed E-state index contributed by atoms with van der Waals surface area (Å²) < 4.78 is 16.5. The van der Waals surface area contributed by atoms with Crippen LogP contribution in [0.3, 0.4) is 0 Å². The number of likely N-dealkylation sites (tertiary alicyclic amines) is 1. The van der Waals surface area contributed by atoms with Crippen molar-refractivity contribution in [3.8, 4) is 17.2 Å². The molecule has 1 fully saturated rings. The fourth-order valence-corrected chi connectivity index (χ4v) is 3.82. The molecule has 2 aromatic carbocycles. The third-order valence-electron chi connectivity index (χ3n) is 5.37. The van der Waals surface area contributed by atoms with Gasteiger partial charge in [-0.05, 0) is 37.1 Å². The Bertz CT molecular complexity index is 856. The van der Waals surface area contributed by atoms with Gasteiger partial charge >= 0.3 is 0 Å². The van der Waals surface area contributed by atoms with E-state index in [-0.39, 0.29) is 24.0 Å². The van der Waals surface area contributed by atoms with Gasteiger partial charge < -0.3 is 24.8 Å². The second kappa shape index (κ2) is 13.4. The summed E-state index contributed by atoms with van der Waals surface area (Å²) in [6.07, 6.45) is 1.07. The number of nitrogens with one attached hydrogen (secondary N) is 2. The van der Waals surface area contributed by atoms with E-state index >= 15 is 0 Å². The summed E-state index contributed by atoms with van der Waals surface area (Å²) in [5.41, 5.74) is 2.30. The van der Waals surface area contributed by atoms with Crippen molar-refractivity contribution in [1.82, 2.24) is 15.5 Å². The standard InChI is InChI=1S/C24H34N4O3.HI/c1-5-31-23-9-7-6-8-19(23)15-26-24(25-2)27-20-10-11-28(17-20)16-18-12-21(29-3)14-22(13-18)30-4;/h6-9,12-14,20H,5,10-11,15-17H2,1-4H3,(H2,25,26,27);1H. The predicted octanol–water partition coefficient (Wildman–Crippen LogP) is 3.66. The van der Waals surface area contributed by atoms with Crippen LogP contribution in [0.1, 0.15) is 24.5 Å². The maximum atomic E-state index is 5.72. The van der Waals surface area contributed by atoms with Crippen LogP contribution in [0.15, 0.2) is 47.5 Å². The topological polar surface area (TPSA) is 67.4 Å². The highest BCUT2D eigenvalue weighted by atomic mass is 127. The Balaban J connectivity index is 0.00000363. The maximum absolute atomic E-state index is 5.72. The first-order valence-electron chi connectivity index (χ1n) is 10.8. The van der Waals surface area contributed by atoms with Crippen molar-refractivity contribution in [3.63, 3.8) is 0 Å². The van der Waals surface area contributed by atoms with E-state index in [0.29, 0.717) is 19.2 Å². The molecule has 0 bridgehead atoms. The van der Waals surface area contributed by atoms with Crippen LogP contribution in [0.25, 0.3) is 0 Å². The Hall–Kier alpha value is -2.20. The van der Waals surface area contributed by atoms with Gasteiger partial charge in [0, 0.05) is 50.9 Å². The second-order valence-corrected chi connectivity index (χ2v) is 7.55. The molecule has 1 aliphatic rings. The number of guanidine groups is 1. The summed E-state index contributed by atoms with van der Waals surface area (Å²) in [6.45, 7) is 6.16. The highest BCUT2D eigenvalue weighted by Crippen LogP contribution is 2.24. The summed E-state index contributed by atoms with van der Waals surface area (Å²) in [6, 6.07) is 14.5. The molecule has 176 valence electrons. The molecule has 1 unspecified atom stereocenters. The van der Waals surface area contributed by atoms with Crippen LogP contribution in [0, 0.1) is 0 Å². The molecular weight excluding hydrogens is 519 g/mol. The van der Waals surface area contributed by atoms with Crippen LogP contribution in [-0.4, -0.2) is 57.9 Å². The van der Waals surface area contributed by atoms with E-state index in [1.807, 2.05) is 31.2 Å². The molecule has 1 atom stereocenters. The van der Waals surface area contributed by atoms with Gasteiger partial charge in [-0.2, -0.15) is 0 Å². The number of ether oxygens (including phenoxy) is 3. The first-order chi connectivity index (χ1) is 15.1. The minimum Gasteiger partial charge on any atom is -0.497 e. The molecule has 0 aromatic heterocycles. The molecule has 0 radical (unpaired) electrons. The molecule has 3 rings (SSSR count). The summed E-state index contributed by atoms with van der Waals surface area (Å²) >= 11 is 0. The Morgan fingerprint density at radius 3 is 2.50 bits per heavy atom. The van der Waals surface area contributed by atoms with Crippen molar-refractivity contribution in [3.05, 3.63) is 53.6 Å². The first-order valence-corrected chi connectivity index (χ1v) is 10.8. The number of hydrogen-bond donors (Lipinski definition) is 2. The summed E-state index contributed by atoms with van der Waals surface area (Å²) in [5.74, 6) is 3.36. The Morgan fingerprint density at radius 1 is 1.12 bits per heavy atom. The van der Waals surface area contributed by atoms with Crippen LogP contribution < -0.4 is 24.8 Å². The molecule has 2 aromatic rings. The highest BCUT2D eigenvalue weighted by molar-refractivity contribution is 14.0. The second-order valence-electron chi connectivity index (χ2n) is 7.55. The molecule has 0 spiro atoms. The lowest BCUT2D eigenvalue weighted by Gasteiger charge is -2.20. The molecule has 1 aliphatic heterocycles. The molecular formula is C24H35IN4O3. The van der Waals surface area contributed by atoms with E-state index < -0.39 is 0 Å². The average molecular weight is 554 g/mol. The predicted molar refractivity (Wildman–Crippen MR) is 140 cm³/mol. The van der Waals surface area contributed by atoms with Crippen molar-refractivity contribution >= 4 is 29.9 Å². The van der Waals surface area contributed by atoms with E-state index in [0.717, 1.165) is 54.8 Å². The van der Waals surface area contributed by atoms with Gasteiger partial charge in [0.1, 0.15) is 17.2 Å². The van der Waals surface area contributed by atoms with Crippen LogP contribution in [0.5, 0.6) is 17.2 Å². The molecule has 0 saturated carbocycles. The van der Waals surface area contributed by atoms with Gasteiger partial charge in [0.15, 0.2) is 5.96 Å². The summed E-state index contributed by atoms with van der Waals surface area (Å²) in [7, 11) is 5.17. The number of rotatable bonds is 9. The van der Waals surface area contributed by atoms with Crippen molar-refractivity contribution in [2.75, 3.05) is 41.0 Å². The quantitative estimate of drug-likeness (QED) is 0.280. The SMILES string of the molecule is CCOc1ccccc1CNC(=NC)NC1CCN(Cc2cc(OC)cc(OC)c2)C1.I. The number of nitrogens with zero attached hydrogens (tertiary/aromatic N) is 2. The smallest absolute Gasteiger partial charge is 0.191 e. The normalized spacial score (nSPS) is 16.2. The van der Waals surface area contributed by atoms with Crippen LogP contribution in [0.2, 0.25) is 0 Å². The van der Waals surface area contributed by atoms with Gasteiger partial charge in [-0.15, -0.1) is 24.0 Å². The Kier molecular flexibility index (Phi) is 10.9. The van der Waals surface area contributed by atoms with Gasteiger partial charge in [0.05, 0.1) is 20.8 Å². The van der Waals surface area contributed by atoms with Crippen LogP contribution >= 0.6 is 24.0 Å². The van der Waals surface area contributed by atoms with Gasteiger partial charge in [-0.3, -0.25) is 9.89 Å². The van der Waals surface area contributed by atoms with Crippen LogP contribution in [0.4, 0.5) is 0 Å². The zero-order valence-electron chi connectivity index (χ0n) is 19.4. The zero-order valence-corrected chi connectivity index (χ0v) is 21.7. The molecule has 0 amide bonds. The molecule has 7 nitrogen and oxygen atoms in total. The minimum absolute atomic E-state index is 0. The number of methoxy groups -OCH3 is 2. The van der Waals surface area contributed by atoms with Crippen molar-refractivity contribution in [1.29, 1.82) is 0 Å². The summed E-state index contributed by atoms with van der Waals surface area (Å²) in [4.78, 5) is 6.83. The largest absolute Gasteiger partial charge is 0.497 e. The number of halogens is 1. The third kappa shape index (κ3) is 7.44. The molecule has 1 saturated heterocycles. The van der Waals surface area contributed by atoms with Gasteiger partial charge in [-0.1, -0.05) is 18.2 Å². The number of aliphatic imine (C=N–C) groups is 1. The van der Waals surface area contributed by atoms with E-state index in [9.17, 15) is 0 Å². The fourth-order valence-electron chi connectivity index (χ4n) is 3.82. The molecule has 8 heteroatoms. The molecule has 32 heavy (non-hydrogen) atoms.